The fraction of sp³-hybridized carbons (Fsp3) is 0.100. The number of carbonyl (C=O) groups excluding carboxylic acids is 2. The van der Waals surface area contributed by atoms with Gasteiger partial charge in [0.2, 0.25) is 0 Å². The molecule has 0 spiro atoms. The molecule has 3 aromatic rings. The molecule has 2 aromatic carbocycles. The molecule has 0 N–H and O–H groups in total. The second kappa shape index (κ2) is 7.40. The lowest BCUT2D eigenvalue weighted by Gasteiger charge is -2.18. The van der Waals surface area contributed by atoms with Gasteiger partial charge in [0.25, 0.3) is 5.91 Å². The molecule has 0 aliphatic heterocycles. The summed E-state index contributed by atoms with van der Waals surface area (Å²) >= 11 is 1.58. The molecule has 1 heterocycles. The first kappa shape index (κ1) is 17.0. The second-order valence-corrected chi connectivity index (χ2v) is 6.65. The number of rotatable bonds is 5. The van der Waals surface area contributed by atoms with Gasteiger partial charge in [0, 0.05) is 23.1 Å². The third-order valence-corrected chi connectivity index (χ3v) is 4.69. The van der Waals surface area contributed by atoms with E-state index in [1.165, 1.54) is 24.3 Å². The lowest BCUT2D eigenvalue weighted by Crippen LogP contribution is -2.27. The lowest BCUT2D eigenvalue weighted by molar-refractivity contribution is 0.0782. The Morgan fingerprint density at radius 1 is 0.960 bits per heavy atom. The van der Waals surface area contributed by atoms with Gasteiger partial charge in [0.1, 0.15) is 5.82 Å². The molecule has 0 aliphatic rings. The van der Waals surface area contributed by atoms with Gasteiger partial charge in [0.05, 0.1) is 12.1 Å². The Morgan fingerprint density at radius 3 is 2.28 bits per heavy atom. The summed E-state index contributed by atoms with van der Waals surface area (Å²) < 4.78 is 13.1. The van der Waals surface area contributed by atoms with E-state index in [2.05, 4.69) is 0 Å². The zero-order valence-electron chi connectivity index (χ0n) is 13.6. The summed E-state index contributed by atoms with van der Waals surface area (Å²) in [6.07, 6.45) is 0. The SMILES string of the molecule is CN(Cc1cccs1)C(=O)c1ccccc1C(=O)c1ccc(F)cc1. The van der Waals surface area contributed by atoms with Gasteiger partial charge in [-0.25, -0.2) is 4.39 Å². The molecule has 1 aromatic heterocycles. The number of amides is 1. The van der Waals surface area contributed by atoms with Crippen molar-refractivity contribution < 1.29 is 14.0 Å². The van der Waals surface area contributed by atoms with Crippen molar-refractivity contribution in [3.8, 4) is 0 Å². The Kier molecular flexibility index (Phi) is 5.05. The van der Waals surface area contributed by atoms with E-state index >= 15 is 0 Å². The first-order valence-corrected chi connectivity index (χ1v) is 8.61. The predicted molar refractivity (Wildman–Crippen MR) is 96.4 cm³/mol. The Morgan fingerprint density at radius 2 is 1.64 bits per heavy atom. The van der Waals surface area contributed by atoms with Crippen molar-refractivity contribution in [2.45, 2.75) is 6.54 Å². The maximum absolute atomic E-state index is 13.1. The molecule has 25 heavy (non-hydrogen) atoms. The van der Waals surface area contributed by atoms with Crippen LogP contribution in [0, 0.1) is 5.82 Å². The maximum atomic E-state index is 13.1. The molecule has 0 atom stereocenters. The third-order valence-electron chi connectivity index (χ3n) is 3.83. The van der Waals surface area contributed by atoms with Gasteiger partial charge in [0.15, 0.2) is 5.78 Å². The molecule has 0 radical (unpaired) electrons. The number of hydrogen-bond acceptors (Lipinski definition) is 3. The molecule has 0 saturated carbocycles. The van der Waals surface area contributed by atoms with Crippen LogP contribution in [0.4, 0.5) is 4.39 Å². The van der Waals surface area contributed by atoms with Gasteiger partial charge < -0.3 is 4.90 Å². The summed E-state index contributed by atoms with van der Waals surface area (Å²) in [4.78, 5) is 28.2. The number of ketones is 1. The van der Waals surface area contributed by atoms with Crippen LogP contribution >= 0.6 is 11.3 Å². The van der Waals surface area contributed by atoms with Crippen LogP contribution in [0.2, 0.25) is 0 Å². The summed E-state index contributed by atoms with van der Waals surface area (Å²) in [6, 6.07) is 15.9. The van der Waals surface area contributed by atoms with Crippen molar-refractivity contribution in [3.05, 3.63) is 93.4 Å². The van der Waals surface area contributed by atoms with Gasteiger partial charge in [-0.1, -0.05) is 24.3 Å². The van der Waals surface area contributed by atoms with Crippen LogP contribution in [0.25, 0.3) is 0 Å². The van der Waals surface area contributed by atoms with E-state index in [1.54, 1.807) is 47.5 Å². The quantitative estimate of drug-likeness (QED) is 0.638. The molecule has 0 aliphatic carbocycles. The van der Waals surface area contributed by atoms with Gasteiger partial charge >= 0.3 is 0 Å². The van der Waals surface area contributed by atoms with Crippen molar-refractivity contribution in [2.75, 3.05) is 7.05 Å². The van der Waals surface area contributed by atoms with E-state index in [1.807, 2.05) is 17.5 Å². The molecule has 0 fully saturated rings. The fourth-order valence-electron chi connectivity index (χ4n) is 2.54. The van der Waals surface area contributed by atoms with Crippen LogP contribution in [-0.4, -0.2) is 23.6 Å². The van der Waals surface area contributed by atoms with E-state index in [4.69, 9.17) is 0 Å². The summed E-state index contributed by atoms with van der Waals surface area (Å²) in [7, 11) is 1.71. The zero-order chi connectivity index (χ0) is 17.8. The molecule has 3 rings (SSSR count). The second-order valence-electron chi connectivity index (χ2n) is 5.62. The first-order chi connectivity index (χ1) is 12.1. The Bertz CT molecular complexity index is 888. The van der Waals surface area contributed by atoms with Crippen LogP contribution in [-0.2, 0) is 6.54 Å². The smallest absolute Gasteiger partial charge is 0.254 e. The molecule has 1 amide bonds. The van der Waals surface area contributed by atoms with Crippen molar-refractivity contribution in [1.82, 2.24) is 4.90 Å². The van der Waals surface area contributed by atoms with Crippen molar-refractivity contribution in [2.24, 2.45) is 0 Å². The van der Waals surface area contributed by atoms with Crippen LogP contribution in [0.1, 0.15) is 31.2 Å². The van der Waals surface area contributed by atoms with Crippen LogP contribution in [0.15, 0.2) is 66.0 Å². The minimum absolute atomic E-state index is 0.223. The standard InChI is InChI=1S/C20H16FNO2S/c1-22(13-16-5-4-12-25-16)20(24)18-7-3-2-6-17(18)19(23)14-8-10-15(21)11-9-14/h2-12H,13H2,1H3. The summed E-state index contributed by atoms with van der Waals surface area (Å²) in [6.45, 7) is 0.482. The average molecular weight is 353 g/mol. The molecule has 5 heteroatoms. The van der Waals surface area contributed by atoms with Crippen LogP contribution < -0.4 is 0 Å². The summed E-state index contributed by atoms with van der Waals surface area (Å²) in [5, 5.41) is 1.96. The highest BCUT2D eigenvalue weighted by molar-refractivity contribution is 7.09. The van der Waals surface area contributed by atoms with E-state index in [9.17, 15) is 14.0 Å². The van der Waals surface area contributed by atoms with Gasteiger partial charge in [-0.15, -0.1) is 11.3 Å². The zero-order valence-corrected chi connectivity index (χ0v) is 14.4. The number of hydrogen-bond donors (Lipinski definition) is 0. The predicted octanol–water partition coefficient (Wildman–Crippen LogP) is 4.39. The normalized spacial score (nSPS) is 10.5. The average Bonchev–Trinajstić information content (AvgIpc) is 3.14. The molecule has 126 valence electrons. The first-order valence-electron chi connectivity index (χ1n) is 7.73. The highest BCUT2D eigenvalue weighted by Crippen LogP contribution is 2.19. The minimum Gasteiger partial charge on any atom is -0.337 e. The van der Waals surface area contributed by atoms with Crippen molar-refractivity contribution >= 4 is 23.0 Å². The van der Waals surface area contributed by atoms with Gasteiger partial charge in [-0.2, -0.15) is 0 Å². The number of carbonyl (C=O) groups is 2. The molecule has 0 bridgehead atoms. The number of thiophene rings is 1. The molecular formula is C20H16FNO2S. The topological polar surface area (TPSA) is 37.4 Å². The fourth-order valence-corrected chi connectivity index (χ4v) is 3.30. The highest BCUT2D eigenvalue weighted by atomic mass is 32.1. The molecule has 3 nitrogen and oxygen atoms in total. The van der Waals surface area contributed by atoms with E-state index in [-0.39, 0.29) is 11.7 Å². The van der Waals surface area contributed by atoms with E-state index in [0.717, 1.165) is 4.88 Å². The molecule has 0 saturated heterocycles. The highest BCUT2D eigenvalue weighted by Gasteiger charge is 2.20. The Labute approximate surface area is 149 Å². The summed E-state index contributed by atoms with van der Waals surface area (Å²) in [5.74, 6) is -0.926. The number of benzene rings is 2. The Balaban J connectivity index is 1.88. The molecular weight excluding hydrogens is 337 g/mol. The Hall–Kier alpha value is -2.79. The van der Waals surface area contributed by atoms with E-state index < -0.39 is 5.82 Å². The number of nitrogens with zero attached hydrogens (tertiary/aromatic N) is 1. The monoisotopic (exact) mass is 353 g/mol. The van der Waals surface area contributed by atoms with Crippen molar-refractivity contribution in [1.29, 1.82) is 0 Å². The minimum atomic E-state index is -0.406. The van der Waals surface area contributed by atoms with E-state index in [0.29, 0.717) is 23.2 Å². The van der Waals surface area contributed by atoms with Gasteiger partial charge in [-0.05, 0) is 41.8 Å². The summed E-state index contributed by atoms with van der Waals surface area (Å²) in [5.41, 5.74) is 1.01. The maximum Gasteiger partial charge on any atom is 0.254 e. The van der Waals surface area contributed by atoms with Crippen LogP contribution in [0.3, 0.4) is 0 Å². The van der Waals surface area contributed by atoms with Crippen LogP contribution in [0.5, 0.6) is 0 Å². The van der Waals surface area contributed by atoms with Gasteiger partial charge in [-0.3, -0.25) is 9.59 Å². The largest absolute Gasteiger partial charge is 0.337 e. The number of halogens is 1. The lowest BCUT2D eigenvalue weighted by atomic mass is 9.97. The van der Waals surface area contributed by atoms with Crippen molar-refractivity contribution in [3.63, 3.8) is 0 Å². The third kappa shape index (κ3) is 3.83. The molecule has 0 unspecified atom stereocenters.